The van der Waals surface area contributed by atoms with Gasteiger partial charge in [-0.2, -0.15) is 0 Å². The Morgan fingerprint density at radius 2 is 1.75 bits per heavy atom. The fourth-order valence-electron chi connectivity index (χ4n) is 5.12. The second-order valence-electron chi connectivity index (χ2n) is 7.59. The molecule has 0 aromatic rings. The van der Waals surface area contributed by atoms with Crippen LogP contribution in [0, 0.1) is 16.7 Å². The maximum Gasteiger partial charge on any atom is 0.0950 e. The number of epoxide rings is 1. The van der Waals surface area contributed by atoms with Crippen molar-refractivity contribution in [1.82, 2.24) is 0 Å². The summed E-state index contributed by atoms with van der Waals surface area (Å²) in [7, 11) is 0. The van der Waals surface area contributed by atoms with Crippen LogP contribution >= 0.6 is 0 Å². The third-order valence-corrected chi connectivity index (χ3v) is 6.01. The second kappa shape index (κ2) is 3.04. The van der Waals surface area contributed by atoms with Crippen LogP contribution in [0.5, 0.6) is 0 Å². The van der Waals surface area contributed by atoms with E-state index in [1.165, 1.54) is 38.5 Å². The minimum Gasteiger partial charge on any atom is -0.366 e. The summed E-state index contributed by atoms with van der Waals surface area (Å²) in [6.07, 6.45) is 8.86. The number of hydrogen-bond donors (Lipinski definition) is 0. The molecule has 0 aromatic carbocycles. The SMILES string of the molecule is CC1OC12CCC1C(C)(C)CCCC1(C)C2. The average molecular weight is 222 g/mol. The van der Waals surface area contributed by atoms with Crippen LogP contribution in [0.4, 0.5) is 0 Å². The molecule has 4 unspecified atom stereocenters. The lowest BCUT2D eigenvalue weighted by Crippen LogP contribution is -2.48. The molecule has 2 saturated carbocycles. The van der Waals surface area contributed by atoms with E-state index in [4.69, 9.17) is 4.74 Å². The first kappa shape index (κ1) is 11.1. The zero-order valence-corrected chi connectivity index (χ0v) is 11.3. The van der Waals surface area contributed by atoms with E-state index in [0.717, 1.165) is 5.92 Å². The molecule has 1 nitrogen and oxygen atoms in total. The Balaban J connectivity index is 1.86. The molecule has 4 atom stereocenters. The number of hydrogen-bond acceptors (Lipinski definition) is 1. The van der Waals surface area contributed by atoms with Gasteiger partial charge in [-0.05, 0) is 55.8 Å². The molecule has 1 heteroatoms. The molecule has 0 N–H and O–H groups in total. The van der Waals surface area contributed by atoms with Crippen LogP contribution < -0.4 is 0 Å². The Kier molecular flexibility index (Phi) is 2.11. The van der Waals surface area contributed by atoms with Crippen molar-refractivity contribution in [2.45, 2.75) is 77.9 Å². The normalized spacial score (nSPS) is 54.8. The molecular formula is C15H26O. The molecule has 0 aromatic heterocycles. The van der Waals surface area contributed by atoms with Gasteiger partial charge in [0.1, 0.15) is 0 Å². The van der Waals surface area contributed by atoms with Gasteiger partial charge in [-0.1, -0.05) is 27.2 Å². The van der Waals surface area contributed by atoms with E-state index < -0.39 is 0 Å². The minimum atomic E-state index is 0.304. The van der Waals surface area contributed by atoms with Crippen LogP contribution in [-0.2, 0) is 4.74 Å². The van der Waals surface area contributed by atoms with Crippen molar-refractivity contribution >= 4 is 0 Å². The first-order valence-corrected chi connectivity index (χ1v) is 7.06. The van der Waals surface area contributed by atoms with Gasteiger partial charge >= 0.3 is 0 Å². The average Bonchev–Trinajstić information content (AvgIpc) is 2.72. The highest BCUT2D eigenvalue weighted by atomic mass is 16.6. The molecule has 3 fully saturated rings. The topological polar surface area (TPSA) is 12.5 Å². The Labute approximate surface area is 99.9 Å². The van der Waals surface area contributed by atoms with Crippen LogP contribution in [0.2, 0.25) is 0 Å². The zero-order valence-electron chi connectivity index (χ0n) is 11.3. The predicted molar refractivity (Wildman–Crippen MR) is 66.4 cm³/mol. The molecule has 1 heterocycles. The van der Waals surface area contributed by atoms with Gasteiger partial charge in [0.25, 0.3) is 0 Å². The molecule has 1 spiro atoms. The van der Waals surface area contributed by atoms with Crippen molar-refractivity contribution in [1.29, 1.82) is 0 Å². The van der Waals surface area contributed by atoms with Crippen molar-refractivity contribution in [3.05, 3.63) is 0 Å². The van der Waals surface area contributed by atoms with E-state index in [1.807, 2.05) is 0 Å². The lowest BCUT2D eigenvalue weighted by Gasteiger charge is -2.55. The molecule has 16 heavy (non-hydrogen) atoms. The van der Waals surface area contributed by atoms with E-state index in [9.17, 15) is 0 Å². The molecule has 2 aliphatic carbocycles. The fraction of sp³-hybridized carbons (Fsp3) is 1.00. The molecule has 92 valence electrons. The Morgan fingerprint density at radius 1 is 1.06 bits per heavy atom. The molecule has 0 bridgehead atoms. The number of rotatable bonds is 0. The number of fused-ring (bicyclic) bond motifs is 1. The zero-order chi connectivity index (χ0) is 11.6. The summed E-state index contributed by atoms with van der Waals surface area (Å²) in [6.45, 7) is 9.78. The lowest BCUT2D eigenvalue weighted by molar-refractivity contribution is -0.0567. The second-order valence-corrected chi connectivity index (χ2v) is 7.59. The van der Waals surface area contributed by atoms with Crippen molar-refractivity contribution in [2.24, 2.45) is 16.7 Å². The first-order chi connectivity index (χ1) is 7.38. The van der Waals surface area contributed by atoms with Gasteiger partial charge in [0.05, 0.1) is 11.7 Å². The van der Waals surface area contributed by atoms with Crippen molar-refractivity contribution in [2.75, 3.05) is 0 Å². The van der Waals surface area contributed by atoms with E-state index in [2.05, 4.69) is 27.7 Å². The minimum absolute atomic E-state index is 0.304. The molecule has 0 amide bonds. The van der Waals surface area contributed by atoms with Gasteiger partial charge in [-0.15, -0.1) is 0 Å². The maximum absolute atomic E-state index is 5.93. The maximum atomic E-state index is 5.93. The van der Waals surface area contributed by atoms with Gasteiger partial charge < -0.3 is 4.74 Å². The van der Waals surface area contributed by atoms with Crippen molar-refractivity contribution in [3.8, 4) is 0 Å². The number of ether oxygens (including phenoxy) is 1. The van der Waals surface area contributed by atoms with Crippen molar-refractivity contribution < 1.29 is 4.74 Å². The van der Waals surface area contributed by atoms with Crippen LogP contribution in [0.15, 0.2) is 0 Å². The molecule has 3 rings (SSSR count). The summed E-state index contributed by atoms with van der Waals surface area (Å²) in [5.41, 5.74) is 1.43. The molecule has 3 aliphatic rings. The third kappa shape index (κ3) is 1.40. The monoisotopic (exact) mass is 222 g/mol. The van der Waals surface area contributed by atoms with E-state index >= 15 is 0 Å². The van der Waals surface area contributed by atoms with Crippen LogP contribution in [0.1, 0.15) is 66.2 Å². The Hall–Kier alpha value is -0.0400. The first-order valence-electron chi connectivity index (χ1n) is 7.06. The highest BCUT2D eigenvalue weighted by Crippen LogP contribution is 2.64. The smallest absolute Gasteiger partial charge is 0.0950 e. The largest absolute Gasteiger partial charge is 0.366 e. The summed E-state index contributed by atoms with van der Waals surface area (Å²) in [5, 5.41) is 0. The highest BCUT2D eigenvalue weighted by molar-refractivity contribution is 5.11. The van der Waals surface area contributed by atoms with Gasteiger partial charge in [0, 0.05) is 0 Å². The van der Waals surface area contributed by atoms with Gasteiger partial charge in [0.15, 0.2) is 0 Å². The standard InChI is InChI=1S/C15H26O/c1-11-15(16-11)9-6-12-13(2,3)7-5-8-14(12,4)10-15/h11-12H,5-10H2,1-4H3. The summed E-state index contributed by atoms with van der Waals surface area (Å²) in [6, 6.07) is 0. The third-order valence-electron chi connectivity index (χ3n) is 6.01. The van der Waals surface area contributed by atoms with Gasteiger partial charge in [-0.3, -0.25) is 0 Å². The Bertz CT molecular complexity index is 309. The molecule has 0 radical (unpaired) electrons. The van der Waals surface area contributed by atoms with Crippen LogP contribution in [0.3, 0.4) is 0 Å². The Morgan fingerprint density at radius 3 is 2.38 bits per heavy atom. The summed E-state index contributed by atoms with van der Waals surface area (Å²) in [5.74, 6) is 0.927. The predicted octanol–water partition coefficient (Wildman–Crippen LogP) is 4.16. The summed E-state index contributed by atoms with van der Waals surface area (Å²) >= 11 is 0. The highest BCUT2D eigenvalue weighted by Gasteiger charge is 2.62. The van der Waals surface area contributed by atoms with Gasteiger partial charge in [-0.25, -0.2) is 0 Å². The van der Waals surface area contributed by atoms with Crippen molar-refractivity contribution in [3.63, 3.8) is 0 Å². The molecular weight excluding hydrogens is 196 g/mol. The van der Waals surface area contributed by atoms with Gasteiger partial charge in [0.2, 0.25) is 0 Å². The van der Waals surface area contributed by atoms with E-state index in [1.54, 1.807) is 0 Å². The summed E-state index contributed by atoms with van der Waals surface area (Å²) < 4.78 is 5.93. The van der Waals surface area contributed by atoms with Crippen LogP contribution in [0.25, 0.3) is 0 Å². The molecule has 1 aliphatic heterocycles. The summed E-state index contributed by atoms with van der Waals surface area (Å²) in [4.78, 5) is 0. The fourth-order valence-corrected chi connectivity index (χ4v) is 5.12. The van der Waals surface area contributed by atoms with Crippen LogP contribution in [-0.4, -0.2) is 11.7 Å². The van der Waals surface area contributed by atoms with E-state index in [-0.39, 0.29) is 0 Å². The quantitative estimate of drug-likeness (QED) is 0.561. The lowest BCUT2D eigenvalue weighted by atomic mass is 9.50. The molecule has 1 saturated heterocycles. The van der Waals surface area contributed by atoms with E-state index in [0.29, 0.717) is 22.5 Å².